The minimum Gasteiger partial charge on any atom is -0.497 e. The Balaban J connectivity index is 0.00000173. The Labute approximate surface area is 544 Å². The largest absolute Gasteiger partial charge is 0.497 e. The number of hydrogen-bond donors (Lipinski definition) is 1. The molecule has 4 aromatic heterocycles. The van der Waals surface area contributed by atoms with E-state index in [9.17, 15) is 4.79 Å². The van der Waals surface area contributed by atoms with E-state index in [2.05, 4.69) is 139 Å². The normalized spacial score (nSPS) is 11.0. The fraction of sp³-hybridized carbons (Fsp3) is 0.240. The Morgan fingerprint density at radius 3 is 1.23 bits per heavy atom. The van der Waals surface area contributed by atoms with Crippen LogP contribution in [0.3, 0.4) is 0 Å². The number of aromatic nitrogens is 4. The summed E-state index contributed by atoms with van der Waals surface area (Å²) in [6.07, 6.45) is 12.4. The highest BCUT2D eigenvalue weighted by molar-refractivity contribution is 7.25. The van der Waals surface area contributed by atoms with Gasteiger partial charge in [0.15, 0.2) is 0 Å². The summed E-state index contributed by atoms with van der Waals surface area (Å²) >= 11 is 6.33. The second-order valence-electron chi connectivity index (χ2n) is 21.7. The first-order valence-corrected chi connectivity index (χ1v) is 33.5. The van der Waals surface area contributed by atoms with Crippen LogP contribution in [0.1, 0.15) is 86.7 Å². The van der Waals surface area contributed by atoms with Gasteiger partial charge in [0.2, 0.25) is 0 Å². The van der Waals surface area contributed by atoms with Crippen molar-refractivity contribution in [3.05, 3.63) is 193 Å². The number of aryl methyl sites for hydroxylation is 2. The topological polar surface area (TPSA) is 129 Å². The summed E-state index contributed by atoms with van der Waals surface area (Å²) in [5, 5.41) is 7.00. The number of fused-ring (bicyclic) bond motifs is 2. The second-order valence-corrected chi connectivity index (χ2v) is 24.8. The summed E-state index contributed by atoms with van der Waals surface area (Å²) in [5.74, 6) is 2.32. The lowest BCUT2D eigenvalue weighted by Gasteiger charge is -2.26. The Morgan fingerprint density at radius 1 is 0.422 bits per heavy atom. The van der Waals surface area contributed by atoms with Crippen LogP contribution in [-0.2, 0) is 17.6 Å². The van der Waals surface area contributed by atoms with Gasteiger partial charge in [0, 0.05) is 103 Å². The number of unbranched alkanes of at least 4 members (excludes halogenated alkanes) is 6. The molecular formula is C75H75N5O6S4. The fourth-order valence-corrected chi connectivity index (χ4v) is 15.3. The van der Waals surface area contributed by atoms with Crippen LogP contribution >= 0.6 is 46.1 Å². The van der Waals surface area contributed by atoms with E-state index in [1.807, 2.05) is 83.3 Å². The number of ether oxygens (including phenoxy) is 4. The predicted octanol–water partition coefficient (Wildman–Crippen LogP) is 20.9. The van der Waals surface area contributed by atoms with E-state index in [0.29, 0.717) is 5.56 Å². The molecule has 460 valence electrons. The van der Waals surface area contributed by atoms with Gasteiger partial charge in [-0.1, -0.05) is 156 Å². The third kappa shape index (κ3) is 14.3. The Kier molecular flexibility index (Phi) is 22.5. The number of anilines is 3. The van der Waals surface area contributed by atoms with Gasteiger partial charge in [-0.3, -0.25) is 4.79 Å². The molecule has 12 rings (SSSR count). The maximum absolute atomic E-state index is 11.5. The lowest BCUT2D eigenvalue weighted by molar-refractivity contribution is 0.112. The van der Waals surface area contributed by atoms with Crippen molar-refractivity contribution in [1.82, 2.24) is 17.5 Å². The molecule has 1 N–H and O–H groups in total. The van der Waals surface area contributed by atoms with E-state index < -0.39 is 0 Å². The van der Waals surface area contributed by atoms with Crippen LogP contribution in [0.25, 0.3) is 97.2 Å². The highest BCUT2D eigenvalue weighted by Gasteiger charge is 2.24. The van der Waals surface area contributed by atoms with E-state index in [4.69, 9.17) is 36.8 Å². The van der Waals surface area contributed by atoms with Crippen LogP contribution in [0.4, 0.5) is 17.1 Å². The average Bonchev–Trinajstić information content (AvgIpc) is 1.91. The SMILES string of the molecule is CCCCCCc1cc(-c2ccc(-c3ccc(C=O)cc3)c3nsnc23)sc1-c1sc(-c2ccc(-c3ccc(N(c4ccc(-c5ccccc5OC)cc4)c4ccc(-c5ccc(OC)cc5OC)cc4)cc3)c3nsnc23)cc1CCCCCC.CO.COC. The molecule has 0 radical (unpaired) electrons. The second kappa shape index (κ2) is 31.4. The number of aldehydes is 1. The molecule has 11 nitrogen and oxygen atoms in total. The van der Waals surface area contributed by atoms with Crippen molar-refractivity contribution in [2.75, 3.05) is 47.6 Å². The molecule has 0 spiro atoms. The van der Waals surface area contributed by atoms with E-state index in [0.717, 1.165) is 151 Å². The number of aliphatic hydroxyl groups excluding tert-OH is 1. The maximum atomic E-state index is 11.5. The number of benzene rings is 8. The van der Waals surface area contributed by atoms with E-state index in [1.165, 1.54) is 92.6 Å². The van der Waals surface area contributed by atoms with Crippen molar-refractivity contribution in [2.24, 2.45) is 0 Å². The van der Waals surface area contributed by atoms with Crippen LogP contribution in [0.15, 0.2) is 176 Å². The molecule has 0 aliphatic heterocycles. The Morgan fingerprint density at radius 2 is 0.811 bits per heavy atom. The molecule has 0 unspecified atom stereocenters. The van der Waals surface area contributed by atoms with Crippen LogP contribution in [0.5, 0.6) is 17.2 Å². The van der Waals surface area contributed by atoms with Crippen LogP contribution in [0, 0.1) is 0 Å². The number of carbonyl (C=O) groups excluding carboxylic acids is 1. The molecular weight excluding hydrogens is 1200 g/mol. The zero-order chi connectivity index (χ0) is 62.9. The summed E-state index contributed by atoms with van der Waals surface area (Å²) in [7, 11) is 9.32. The molecule has 0 fully saturated rings. The first kappa shape index (κ1) is 64.6. The number of nitrogens with zero attached hydrogens (tertiary/aromatic N) is 5. The van der Waals surface area contributed by atoms with Gasteiger partial charge in [0.25, 0.3) is 0 Å². The van der Waals surface area contributed by atoms with Crippen molar-refractivity contribution in [1.29, 1.82) is 0 Å². The molecule has 90 heavy (non-hydrogen) atoms. The highest BCUT2D eigenvalue weighted by atomic mass is 32.1. The highest BCUT2D eigenvalue weighted by Crippen LogP contribution is 2.50. The molecule has 0 amide bonds. The molecule has 12 aromatic rings. The number of hydrogen-bond acceptors (Lipinski definition) is 15. The summed E-state index contributed by atoms with van der Waals surface area (Å²) in [6, 6.07) is 61.7. The van der Waals surface area contributed by atoms with Gasteiger partial charge in [0.05, 0.1) is 44.8 Å². The van der Waals surface area contributed by atoms with Gasteiger partial charge < -0.3 is 29.0 Å². The van der Waals surface area contributed by atoms with Crippen molar-refractivity contribution in [3.63, 3.8) is 0 Å². The molecule has 15 heteroatoms. The van der Waals surface area contributed by atoms with Crippen LogP contribution in [-0.4, -0.2) is 71.5 Å². The zero-order valence-corrected chi connectivity index (χ0v) is 55.5. The standard InChI is InChI=1S/C72H65N5O4S4.C2H6O.CH4O/c1-6-8-10-12-16-51-42-65(61-40-38-59(67-69(61)75-84-73-67)49-22-20-46(45-78)21-23-49)82-71(51)72-52(17-13-11-9-7-2)43-66(83-72)62-41-39-60(68-70(62)76-85-74-68)50-28-34-55(35-29-50)77(53-30-24-47(25-31-53)57-18-14-15-19-63(57)80-4)54-32-26-48(27-33-54)58-37-36-56(79-3)44-64(58)81-5;1-3-2;1-2/h14-15,18-45H,6-13,16-17H2,1-5H3;1-2H3;2H,1H3. The zero-order valence-electron chi connectivity index (χ0n) is 52.2. The smallest absolute Gasteiger partial charge is 0.150 e. The molecule has 0 aliphatic rings. The average molecular weight is 1270 g/mol. The molecule has 0 atom stereocenters. The van der Waals surface area contributed by atoms with Crippen molar-refractivity contribution < 1.29 is 28.8 Å². The van der Waals surface area contributed by atoms with E-state index >= 15 is 0 Å². The lowest BCUT2D eigenvalue weighted by Crippen LogP contribution is -2.09. The molecule has 0 bridgehead atoms. The number of rotatable bonds is 24. The molecule has 8 aromatic carbocycles. The van der Waals surface area contributed by atoms with Gasteiger partial charge in [-0.2, -0.15) is 17.5 Å². The quantitative estimate of drug-likeness (QED) is 0.0458. The van der Waals surface area contributed by atoms with Gasteiger partial charge >= 0.3 is 0 Å². The summed E-state index contributed by atoms with van der Waals surface area (Å²) < 4.78 is 41.1. The molecule has 0 aliphatic carbocycles. The van der Waals surface area contributed by atoms with Crippen LogP contribution in [0.2, 0.25) is 0 Å². The molecule has 0 saturated heterocycles. The van der Waals surface area contributed by atoms with E-state index in [-0.39, 0.29) is 0 Å². The van der Waals surface area contributed by atoms with Gasteiger partial charge in [-0.25, -0.2) is 0 Å². The van der Waals surface area contributed by atoms with Gasteiger partial charge in [0.1, 0.15) is 45.6 Å². The van der Waals surface area contributed by atoms with Crippen molar-refractivity contribution >= 4 is 91.5 Å². The Bertz CT molecular complexity index is 4290. The van der Waals surface area contributed by atoms with Gasteiger partial charge in [-0.15, -0.1) is 22.7 Å². The predicted molar refractivity (Wildman–Crippen MR) is 379 cm³/mol. The lowest BCUT2D eigenvalue weighted by atomic mass is 9.98. The van der Waals surface area contributed by atoms with Crippen molar-refractivity contribution in [3.8, 4) is 92.4 Å². The number of aliphatic hydroxyl groups is 1. The summed E-state index contributed by atoms with van der Waals surface area (Å²) in [6.45, 7) is 4.56. The number of para-hydroxylation sites is 1. The first-order valence-electron chi connectivity index (χ1n) is 30.4. The first-order chi connectivity index (χ1) is 44.3. The maximum Gasteiger partial charge on any atom is 0.150 e. The number of methoxy groups -OCH3 is 4. The van der Waals surface area contributed by atoms with Crippen molar-refractivity contribution in [2.45, 2.75) is 78.1 Å². The number of thiophene rings is 2. The molecule has 4 heterocycles. The minimum atomic E-state index is 0.652. The number of carbonyl (C=O) groups is 1. The third-order valence-electron chi connectivity index (χ3n) is 16.0. The summed E-state index contributed by atoms with van der Waals surface area (Å²) in [4.78, 5) is 18.9. The van der Waals surface area contributed by atoms with Gasteiger partial charge in [-0.05, 0) is 126 Å². The monoisotopic (exact) mass is 1270 g/mol. The minimum absolute atomic E-state index is 0.652. The third-order valence-corrected chi connectivity index (χ3v) is 19.6. The summed E-state index contributed by atoms with van der Waals surface area (Å²) in [5.41, 5.74) is 20.6. The van der Waals surface area contributed by atoms with E-state index in [1.54, 1.807) is 35.5 Å². The van der Waals surface area contributed by atoms with Crippen LogP contribution < -0.4 is 19.1 Å². The Hall–Kier alpha value is -8.41. The molecule has 0 saturated carbocycles. The fourth-order valence-electron chi connectivity index (χ4n) is 11.4.